The van der Waals surface area contributed by atoms with E-state index in [-0.39, 0.29) is 17.5 Å². The SMILES string of the molecule is CC(C)CCCOC(=S)N[C@H]1CCS(=O)(=O)C1. The Morgan fingerprint density at radius 1 is 1.53 bits per heavy atom. The molecule has 0 aromatic rings. The minimum atomic E-state index is -2.86. The van der Waals surface area contributed by atoms with Gasteiger partial charge in [-0.3, -0.25) is 0 Å². The fourth-order valence-electron chi connectivity index (χ4n) is 1.77. The van der Waals surface area contributed by atoms with Crippen molar-refractivity contribution in [2.75, 3.05) is 18.1 Å². The van der Waals surface area contributed by atoms with E-state index in [9.17, 15) is 8.42 Å². The number of nitrogens with one attached hydrogen (secondary N) is 1. The van der Waals surface area contributed by atoms with E-state index in [1.165, 1.54) is 0 Å². The van der Waals surface area contributed by atoms with E-state index < -0.39 is 9.84 Å². The molecular formula is C11H21NO3S2. The summed E-state index contributed by atoms with van der Waals surface area (Å²) in [4.78, 5) is 0. The molecule has 1 fully saturated rings. The van der Waals surface area contributed by atoms with E-state index in [4.69, 9.17) is 17.0 Å². The first-order valence-electron chi connectivity index (χ1n) is 6.03. The molecule has 1 rings (SSSR count). The monoisotopic (exact) mass is 279 g/mol. The first-order chi connectivity index (χ1) is 7.89. The van der Waals surface area contributed by atoms with E-state index in [1.54, 1.807) is 0 Å². The van der Waals surface area contributed by atoms with Crippen molar-refractivity contribution in [3.63, 3.8) is 0 Å². The van der Waals surface area contributed by atoms with Crippen LogP contribution in [0.25, 0.3) is 0 Å². The van der Waals surface area contributed by atoms with Crippen LogP contribution in [-0.4, -0.2) is 37.7 Å². The zero-order chi connectivity index (χ0) is 12.9. The second kappa shape index (κ2) is 6.54. The van der Waals surface area contributed by atoms with Crippen molar-refractivity contribution in [3.8, 4) is 0 Å². The Morgan fingerprint density at radius 2 is 2.24 bits per heavy atom. The summed E-state index contributed by atoms with van der Waals surface area (Å²) in [6.07, 6.45) is 2.71. The number of ether oxygens (including phenoxy) is 1. The molecule has 1 heterocycles. The molecule has 1 aliphatic heterocycles. The Bertz CT molecular complexity index is 352. The summed E-state index contributed by atoms with van der Waals surface area (Å²) in [5.74, 6) is 1.09. The lowest BCUT2D eigenvalue weighted by Crippen LogP contribution is -2.36. The van der Waals surface area contributed by atoms with Gasteiger partial charge in [-0.15, -0.1) is 0 Å². The van der Waals surface area contributed by atoms with E-state index in [1.807, 2.05) is 0 Å². The van der Waals surface area contributed by atoms with Crippen molar-refractivity contribution in [1.82, 2.24) is 5.32 Å². The van der Waals surface area contributed by atoms with Crippen LogP contribution in [0.4, 0.5) is 0 Å². The quantitative estimate of drug-likeness (QED) is 0.610. The highest BCUT2D eigenvalue weighted by atomic mass is 32.2. The number of hydrogen-bond acceptors (Lipinski definition) is 4. The van der Waals surface area contributed by atoms with Gasteiger partial charge in [0, 0.05) is 6.04 Å². The predicted molar refractivity (Wildman–Crippen MR) is 72.8 cm³/mol. The van der Waals surface area contributed by atoms with Crippen LogP contribution in [0.1, 0.15) is 33.1 Å². The predicted octanol–water partition coefficient (Wildman–Crippen LogP) is 1.50. The summed E-state index contributed by atoms with van der Waals surface area (Å²) < 4.78 is 27.8. The van der Waals surface area contributed by atoms with Gasteiger partial charge in [-0.25, -0.2) is 8.42 Å². The van der Waals surface area contributed by atoms with Crippen LogP contribution in [0.3, 0.4) is 0 Å². The largest absolute Gasteiger partial charge is 0.471 e. The lowest BCUT2D eigenvalue weighted by molar-refractivity contribution is 0.277. The molecule has 1 atom stereocenters. The van der Waals surface area contributed by atoms with Crippen molar-refractivity contribution in [2.24, 2.45) is 5.92 Å². The van der Waals surface area contributed by atoms with Crippen LogP contribution in [0.15, 0.2) is 0 Å². The maximum absolute atomic E-state index is 11.2. The van der Waals surface area contributed by atoms with Crippen LogP contribution in [0, 0.1) is 5.92 Å². The lowest BCUT2D eigenvalue weighted by atomic mass is 10.1. The fourth-order valence-corrected chi connectivity index (χ4v) is 3.70. The molecular weight excluding hydrogens is 258 g/mol. The summed E-state index contributed by atoms with van der Waals surface area (Å²) in [5, 5.41) is 3.28. The first-order valence-corrected chi connectivity index (χ1v) is 8.26. The summed E-state index contributed by atoms with van der Waals surface area (Å²) in [6.45, 7) is 4.93. The van der Waals surface area contributed by atoms with E-state index in [2.05, 4.69) is 19.2 Å². The van der Waals surface area contributed by atoms with Gasteiger partial charge in [-0.1, -0.05) is 13.8 Å². The zero-order valence-electron chi connectivity index (χ0n) is 10.4. The van der Waals surface area contributed by atoms with Crippen LogP contribution in [0.5, 0.6) is 0 Å². The third kappa shape index (κ3) is 6.21. The Morgan fingerprint density at radius 3 is 2.76 bits per heavy atom. The van der Waals surface area contributed by atoms with Gasteiger partial charge in [0.15, 0.2) is 9.84 Å². The molecule has 0 aliphatic carbocycles. The number of rotatable bonds is 5. The Balaban J connectivity index is 2.14. The number of sulfone groups is 1. The molecule has 6 heteroatoms. The highest BCUT2D eigenvalue weighted by Crippen LogP contribution is 2.11. The van der Waals surface area contributed by atoms with Gasteiger partial charge in [0.25, 0.3) is 5.17 Å². The minimum absolute atomic E-state index is 0.0717. The Hall–Kier alpha value is -0.360. The number of thiocarbonyl (C=S) groups is 1. The van der Waals surface area contributed by atoms with Gasteiger partial charge < -0.3 is 10.1 Å². The molecule has 100 valence electrons. The van der Waals surface area contributed by atoms with Crippen molar-refractivity contribution in [3.05, 3.63) is 0 Å². The molecule has 1 N–H and O–H groups in total. The van der Waals surface area contributed by atoms with E-state index >= 15 is 0 Å². The number of hydrogen-bond donors (Lipinski definition) is 1. The van der Waals surface area contributed by atoms with Crippen LogP contribution >= 0.6 is 12.2 Å². The molecule has 0 aromatic carbocycles. The minimum Gasteiger partial charge on any atom is -0.471 e. The molecule has 0 unspecified atom stereocenters. The molecule has 0 bridgehead atoms. The standard InChI is InChI=1S/C11H21NO3S2/c1-9(2)4-3-6-15-11(16)12-10-5-7-17(13,14)8-10/h9-10H,3-8H2,1-2H3,(H,12,16)/t10-/m0/s1. The third-order valence-corrected chi connectivity index (χ3v) is 4.72. The van der Waals surface area contributed by atoms with Gasteiger partial charge in [-0.2, -0.15) is 0 Å². The molecule has 0 aromatic heterocycles. The van der Waals surface area contributed by atoms with Crippen LogP contribution < -0.4 is 5.32 Å². The van der Waals surface area contributed by atoms with Crippen LogP contribution in [-0.2, 0) is 14.6 Å². The average Bonchev–Trinajstić information content (AvgIpc) is 2.52. The van der Waals surface area contributed by atoms with Gasteiger partial charge in [0.05, 0.1) is 18.1 Å². The van der Waals surface area contributed by atoms with Crippen molar-refractivity contribution >= 4 is 27.2 Å². The molecule has 4 nitrogen and oxygen atoms in total. The maximum Gasteiger partial charge on any atom is 0.256 e. The molecule has 1 aliphatic rings. The fraction of sp³-hybridized carbons (Fsp3) is 0.909. The van der Waals surface area contributed by atoms with Crippen molar-refractivity contribution < 1.29 is 13.2 Å². The van der Waals surface area contributed by atoms with Crippen molar-refractivity contribution in [2.45, 2.75) is 39.2 Å². The summed E-state index contributed by atoms with van der Waals surface area (Å²) in [6, 6.07) is -0.0717. The second-order valence-corrected chi connectivity index (χ2v) is 7.52. The molecule has 0 saturated carbocycles. The smallest absolute Gasteiger partial charge is 0.256 e. The summed E-state index contributed by atoms with van der Waals surface area (Å²) >= 11 is 5.02. The van der Waals surface area contributed by atoms with E-state index in [0.29, 0.717) is 24.1 Å². The molecule has 0 radical (unpaired) electrons. The van der Waals surface area contributed by atoms with Gasteiger partial charge in [0.2, 0.25) is 0 Å². The highest BCUT2D eigenvalue weighted by molar-refractivity contribution is 7.91. The van der Waals surface area contributed by atoms with E-state index in [0.717, 1.165) is 12.8 Å². The summed E-state index contributed by atoms with van der Waals surface area (Å²) in [5.41, 5.74) is 0. The Labute approximate surface area is 109 Å². The zero-order valence-corrected chi connectivity index (χ0v) is 12.1. The van der Waals surface area contributed by atoms with Gasteiger partial charge >= 0.3 is 0 Å². The summed E-state index contributed by atoms with van der Waals surface area (Å²) in [7, 11) is -2.86. The molecule has 1 saturated heterocycles. The molecule has 0 spiro atoms. The third-order valence-electron chi connectivity index (χ3n) is 2.71. The maximum atomic E-state index is 11.2. The lowest BCUT2D eigenvalue weighted by Gasteiger charge is -2.14. The van der Waals surface area contributed by atoms with Crippen molar-refractivity contribution in [1.29, 1.82) is 0 Å². The topological polar surface area (TPSA) is 55.4 Å². The normalized spacial score (nSPS) is 22.6. The van der Waals surface area contributed by atoms with Gasteiger partial charge in [-0.05, 0) is 37.4 Å². The average molecular weight is 279 g/mol. The van der Waals surface area contributed by atoms with Crippen LogP contribution in [0.2, 0.25) is 0 Å². The first kappa shape index (κ1) is 14.7. The highest BCUT2D eigenvalue weighted by Gasteiger charge is 2.28. The van der Waals surface area contributed by atoms with Gasteiger partial charge in [0.1, 0.15) is 0 Å². The molecule has 0 amide bonds. The second-order valence-electron chi connectivity index (χ2n) is 4.92. The Kier molecular flexibility index (Phi) is 5.66. The molecule has 17 heavy (non-hydrogen) atoms.